The molecule has 22 heavy (non-hydrogen) atoms. The van der Waals surface area contributed by atoms with Gasteiger partial charge in [-0.15, -0.1) is 0 Å². The van der Waals surface area contributed by atoms with Crippen LogP contribution in [0.2, 0.25) is 0 Å². The molecule has 2 aromatic rings. The SMILES string of the molecule is COc1cc2c(cc1O)C(Cc1ccc(O)c(O)c1)[NH2+]CC2. The Hall–Kier alpha value is -2.40. The van der Waals surface area contributed by atoms with Gasteiger partial charge in [0.1, 0.15) is 6.04 Å². The van der Waals surface area contributed by atoms with Crippen LogP contribution in [0.1, 0.15) is 22.7 Å². The van der Waals surface area contributed by atoms with E-state index < -0.39 is 0 Å². The van der Waals surface area contributed by atoms with E-state index in [4.69, 9.17) is 4.74 Å². The number of hydrogen-bond donors (Lipinski definition) is 4. The lowest BCUT2D eigenvalue weighted by Crippen LogP contribution is -2.87. The van der Waals surface area contributed by atoms with Gasteiger partial charge < -0.3 is 25.4 Å². The second-order valence-corrected chi connectivity index (χ2v) is 5.63. The van der Waals surface area contributed by atoms with Crippen molar-refractivity contribution in [2.24, 2.45) is 0 Å². The molecule has 1 unspecified atom stereocenters. The Balaban J connectivity index is 1.91. The summed E-state index contributed by atoms with van der Waals surface area (Å²) in [5.74, 6) is 0.432. The van der Waals surface area contributed by atoms with Crippen molar-refractivity contribution in [2.45, 2.75) is 18.9 Å². The zero-order valence-corrected chi connectivity index (χ0v) is 12.4. The Morgan fingerprint density at radius 3 is 2.64 bits per heavy atom. The van der Waals surface area contributed by atoms with Crippen molar-refractivity contribution in [1.29, 1.82) is 0 Å². The molecule has 5 N–H and O–H groups in total. The maximum atomic E-state index is 10.0. The highest BCUT2D eigenvalue weighted by molar-refractivity contribution is 5.48. The van der Waals surface area contributed by atoms with E-state index in [0.29, 0.717) is 12.2 Å². The molecule has 2 aromatic carbocycles. The summed E-state index contributed by atoms with van der Waals surface area (Å²) in [5.41, 5.74) is 3.22. The van der Waals surface area contributed by atoms with E-state index in [2.05, 4.69) is 5.32 Å². The molecular weight excluding hydrogens is 282 g/mol. The molecule has 1 heterocycles. The van der Waals surface area contributed by atoms with Gasteiger partial charge >= 0.3 is 0 Å². The summed E-state index contributed by atoms with van der Waals surface area (Å²) in [6, 6.07) is 8.74. The molecule has 5 heteroatoms. The minimum atomic E-state index is -0.112. The van der Waals surface area contributed by atoms with E-state index in [1.165, 1.54) is 11.6 Å². The van der Waals surface area contributed by atoms with Crippen LogP contribution >= 0.6 is 0 Å². The lowest BCUT2D eigenvalue weighted by atomic mass is 9.90. The van der Waals surface area contributed by atoms with Crippen molar-refractivity contribution < 1.29 is 25.4 Å². The summed E-state index contributed by atoms with van der Waals surface area (Å²) in [5, 5.41) is 31.3. The Morgan fingerprint density at radius 1 is 1.09 bits per heavy atom. The van der Waals surface area contributed by atoms with Crippen molar-refractivity contribution in [3.63, 3.8) is 0 Å². The summed E-state index contributed by atoms with van der Waals surface area (Å²) in [6.45, 7) is 0.968. The van der Waals surface area contributed by atoms with Gasteiger partial charge in [-0.2, -0.15) is 0 Å². The molecule has 0 aliphatic carbocycles. The monoisotopic (exact) mass is 302 g/mol. The largest absolute Gasteiger partial charge is 0.504 e. The standard InChI is InChI=1S/C17H19NO4/c1-22-17-8-11-4-5-18-13(12(11)9-16(17)21)6-10-2-3-14(19)15(20)7-10/h2-3,7-9,13,18-21H,4-6H2,1H3/p+1. The molecule has 116 valence electrons. The van der Waals surface area contributed by atoms with Crippen LogP contribution in [0.4, 0.5) is 0 Å². The molecule has 0 saturated heterocycles. The van der Waals surface area contributed by atoms with Crippen LogP contribution in [-0.2, 0) is 12.8 Å². The quantitative estimate of drug-likeness (QED) is 0.642. The Kier molecular flexibility index (Phi) is 3.81. The van der Waals surface area contributed by atoms with Gasteiger partial charge in [0, 0.05) is 18.4 Å². The summed E-state index contributed by atoms with van der Waals surface area (Å²) in [4.78, 5) is 0. The van der Waals surface area contributed by atoms with Crippen LogP contribution in [-0.4, -0.2) is 29.0 Å². The Bertz CT molecular complexity index is 699. The van der Waals surface area contributed by atoms with Crippen molar-refractivity contribution in [2.75, 3.05) is 13.7 Å². The molecule has 5 nitrogen and oxygen atoms in total. The number of hydrogen-bond acceptors (Lipinski definition) is 4. The van der Waals surface area contributed by atoms with Crippen LogP contribution in [0.25, 0.3) is 0 Å². The minimum Gasteiger partial charge on any atom is -0.504 e. The first-order chi connectivity index (χ1) is 10.6. The second kappa shape index (κ2) is 5.77. The smallest absolute Gasteiger partial charge is 0.160 e. The first kappa shape index (κ1) is 14.5. The number of ether oxygens (including phenoxy) is 1. The summed E-state index contributed by atoms with van der Waals surface area (Å²) < 4.78 is 5.17. The van der Waals surface area contributed by atoms with Gasteiger partial charge in [-0.3, -0.25) is 0 Å². The lowest BCUT2D eigenvalue weighted by Gasteiger charge is -2.25. The summed E-state index contributed by atoms with van der Waals surface area (Å²) >= 11 is 0. The topological polar surface area (TPSA) is 86.5 Å². The number of benzene rings is 2. The Labute approximate surface area is 128 Å². The molecule has 0 aromatic heterocycles. The normalized spacial score (nSPS) is 17.0. The predicted octanol–water partition coefficient (Wildman–Crippen LogP) is 1.22. The van der Waals surface area contributed by atoms with Gasteiger partial charge in [0.25, 0.3) is 0 Å². The maximum absolute atomic E-state index is 10.0. The average molecular weight is 302 g/mol. The van der Waals surface area contributed by atoms with Gasteiger partial charge in [0.05, 0.1) is 13.7 Å². The highest BCUT2D eigenvalue weighted by Crippen LogP contribution is 2.34. The number of fused-ring (bicyclic) bond motifs is 1. The van der Waals surface area contributed by atoms with Crippen molar-refractivity contribution in [3.05, 3.63) is 47.0 Å². The van der Waals surface area contributed by atoms with Crippen molar-refractivity contribution in [1.82, 2.24) is 0 Å². The van der Waals surface area contributed by atoms with Crippen LogP contribution < -0.4 is 10.1 Å². The molecule has 0 amide bonds. The van der Waals surface area contributed by atoms with Crippen LogP contribution in [0.15, 0.2) is 30.3 Å². The Morgan fingerprint density at radius 2 is 1.91 bits per heavy atom. The van der Waals surface area contributed by atoms with Gasteiger partial charge in [-0.1, -0.05) is 6.07 Å². The number of phenols is 3. The van der Waals surface area contributed by atoms with E-state index in [1.54, 1.807) is 25.3 Å². The first-order valence-electron chi connectivity index (χ1n) is 7.32. The van der Waals surface area contributed by atoms with E-state index >= 15 is 0 Å². The summed E-state index contributed by atoms with van der Waals surface area (Å²) in [6.07, 6.45) is 1.65. The number of phenolic OH excluding ortho intramolecular Hbond substituents is 3. The maximum Gasteiger partial charge on any atom is 0.160 e. The minimum absolute atomic E-state index is 0.105. The predicted molar refractivity (Wildman–Crippen MR) is 81.4 cm³/mol. The fourth-order valence-corrected chi connectivity index (χ4v) is 3.06. The zero-order chi connectivity index (χ0) is 15.7. The third-order valence-corrected chi connectivity index (χ3v) is 4.20. The van der Waals surface area contributed by atoms with Gasteiger partial charge in [-0.25, -0.2) is 0 Å². The molecule has 0 spiro atoms. The number of rotatable bonds is 3. The number of aromatic hydroxyl groups is 3. The van der Waals surface area contributed by atoms with Crippen LogP contribution in [0.5, 0.6) is 23.0 Å². The van der Waals surface area contributed by atoms with Gasteiger partial charge in [-0.05, 0) is 35.4 Å². The van der Waals surface area contributed by atoms with E-state index in [-0.39, 0.29) is 23.3 Å². The molecule has 3 rings (SSSR count). The third-order valence-electron chi connectivity index (χ3n) is 4.20. The van der Waals surface area contributed by atoms with E-state index in [1.807, 2.05) is 6.07 Å². The molecule has 1 aliphatic heterocycles. The van der Waals surface area contributed by atoms with E-state index in [0.717, 1.165) is 24.1 Å². The molecule has 0 saturated carbocycles. The van der Waals surface area contributed by atoms with Crippen LogP contribution in [0, 0.1) is 0 Å². The van der Waals surface area contributed by atoms with Crippen molar-refractivity contribution in [3.8, 4) is 23.0 Å². The fraction of sp³-hybridized carbons (Fsp3) is 0.294. The van der Waals surface area contributed by atoms with Crippen LogP contribution in [0.3, 0.4) is 0 Å². The van der Waals surface area contributed by atoms with Gasteiger partial charge in [0.2, 0.25) is 0 Å². The molecule has 1 aliphatic rings. The molecule has 1 atom stereocenters. The molecule has 0 bridgehead atoms. The third kappa shape index (κ3) is 2.67. The van der Waals surface area contributed by atoms with Gasteiger partial charge in [0.15, 0.2) is 23.0 Å². The fourth-order valence-electron chi connectivity index (χ4n) is 3.06. The molecule has 0 fully saturated rings. The molecular formula is C17H20NO4+. The van der Waals surface area contributed by atoms with E-state index in [9.17, 15) is 15.3 Å². The highest BCUT2D eigenvalue weighted by atomic mass is 16.5. The van der Waals surface area contributed by atoms with Crippen molar-refractivity contribution >= 4 is 0 Å². The second-order valence-electron chi connectivity index (χ2n) is 5.63. The summed E-state index contributed by atoms with van der Waals surface area (Å²) in [7, 11) is 1.55. The first-order valence-corrected chi connectivity index (χ1v) is 7.32. The highest BCUT2D eigenvalue weighted by Gasteiger charge is 2.25. The lowest BCUT2D eigenvalue weighted by molar-refractivity contribution is -0.698. The number of quaternary nitrogens is 1. The number of methoxy groups -OCH3 is 1. The average Bonchev–Trinajstić information content (AvgIpc) is 2.51. The zero-order valence-electron chi connectivity index (χ0n) is 12.4. The molecule has 0 radical (unpaired) electrons. The number of nitrogens with two attached hydrogens (primary N) is 1.